The number of hydrogen-bond donors (Lipinski definition) is 2. The van der Waals surface area contributed by atoms with E-state index in [9.17, 15) is 4.79 Å². The second-order valence-electron chi connectivity index (χ2n) is 4.34. The predicted octanol–water partition coefficient (Wildman–Crippen LogP) is 2.38. The van der Waals surface area contributed by atoms with Crippen LogP contribution in [0.3, 0.4) is 0 Å². The van der Waals surface area contributed by atoms with Gasteiger partial charge in [-0.05, 0) is 26.0 Å². The van der Waals surface area contributed by atoms with Gasteiger partial charge in [-0.15, -0.1) is 0 Å². The van der Waals surface area contributed by atoms with E-state index in [-0.39, 0.29) is 5.91 Å². The third-order valence-corrected chi connectivity index (χ3v) is 3.21. The molecule has 2 rings (SSSR count). The summed E-state index contributed by atoms with van der Waals surface area (Å²) in [5.41, 5.74) is 6.95. The summed E-state index contributed by atoms with van der Waals surface area (Å²) in [6, 6.07) is 7.20. The minimum absolute atomic E-state index is 0.230. The molecule has 6 heteroatoms. The van der Waals surface area contributed by atoms with Crippen LogP contribution in [0.1, 0.15) is 22.5 Å². The highest BCUT2D eigenvalue weighted by Crippen LogP contribution is 2.30. The molecule has 106 valence electrons. The lowest BCUT2D eigenvalue weighted by Crippen LogP contribution is -2.26. The molecule has 1 amide bonds. The van der Waals surface area contributed by atoms with Crippen LogP contribution in [0.5, 0.6) is 0 Å². The van der Waals surface area contributed by atoms with Crippen molar-refractivity contribution in [2.24, 2.45) is 5.73 Å². The number of carbonyl (C=O) groups excluding carboxylic acids is 1. The third-order valence-electron chi connectivity index (χ3n) is 2.89. The largest absolute Gasteiger partial charge is 0.360 e. The van der Waals surface area contributed by atoms with E-state index in [2.05, 4.69) is 10.5 Å². The number of hydrogen-bond acceptors (Lipinski definition) is 4. The fraction of sp³-hybridized carbons (Fsp3) is 0.286. The van der Waals surface area contributed by atoms with Crippen LogP contribution in [0.2, 0.25) is 5.02 Å². The Morgan fingerprint density at radius 1 is 1.45 bits per heavy atom. The fourth-order valence-corrected chi connectivity index (χ4v) is 2.09. The number of aryl methyl sites for hydroxylation is 1. The molecule has 0 saturated carbocycles. The molecular weight excluding hydrogens is 278 g/mol. The number of nitrogens with zero attached hydrogens (tertiary/aromatic N) is 1. The number of halogens is 1. The summed E-state index contributed by atoms with van der Waals surface area (Å²) in [7, 11) is 0. The van der Waals surface area contributed by atoms with Gasteiger partial charge >= 0.3 is 0 Å². The van der Waals surface area contributed by atoms with Crippen molar-refractivity contribution in [1.29, 1.82) is 0 Å². The Balaban J connectivity index is 2.33. The molecule has 1 aromatic heterocycles. The molecule has 0 aliphatic rings. The van der Waals surface area contributed by atoms with Crippen LogP contribution < -0.4 is 11.1 Å². The van der Waals surface area contributed by atoms with Crippen LogP contribution in [-0.4, -0.2) is 24.2 Å². The minimum atomic E-state index is -0.230. The summed E-state index contributed by atoms with van der Waals surface area (Å²) in [5.74, 6) is 0.234. The number of aromatic nitrogens is 1. The molecule has 0 aliphatic carbocycles. The number of benzene rings is 1. The van der Waals surface area contributed by atoms with Gasteiger partial charge in [-0.25, -0.2) is 0 Å². The maximum Gasteiger partial charge on any atom is 0.257 e. The zero-order valence-electron chi connectivity index (χ0n) is 11.1. The first-order valence-electron chi connectivity index (χ1n) is 6.34. The lowest BCUT2D eigenvalue weighted by molar-refractivity contribution is 0.0952. The lowest BCUT2D eigenvalue weighted by atomic mass is 10.1. The minimum Gasteiger partial charge on any atom is -0.360 e. The summed E-state index contributed by atoms with van der Waals surface area (Å²) in [6.45, 7) is 2.74. The molecule has 0 saturated heterocycles. The number of carbonyl (C=O) groups is 1. The monoisotopic (exact) mass is 293 g/mol. The van der Waals surface area contributed by atoms with Crippen LogP contribution >= 0.6 is 11.6 Å². The van der Waals surface area contributed by atoms with Crippen LogP contribution in [0.4, 0.5) is 0 Å². The first-order valence-corrected chi connectivity index (χ1v) is 6.72. The van der Waals surface area contributed by atoms with Crippen LogP contribution in [0, 0.1) is 6.92 Å². The van der Waals surface area contributed by atoms with E-state index in [1.54, 1.807) is 19.1 Å². The average molecular weight is 294 g/mol. The molecule has 0 spiro atoms. The van der Waals surface area contributed by atoms with Gasteiger partial charge in [0.25, 0.3) is 5.91 Å². The summed E-state index contributed by atoms with van der Waals surface area (Å²) in [4.78, 5) is 12.2. The molecule has 1 heterocycles. The Morgan fingerprint density at radius 2 is 2.20 bits per heavy atom. The van der Waals surface area contributed by atoms with Crippen LogP contribution in [0.25, 0.3) is 11.3 Å². The molecule has 0 aliphatic heterocycles. The highest BCUT2D eigenvalue weighted by atomic mass is 35.5. The van der Waals surface area contributed by atoms with Crippen LogP contribution in [-0.2, 0) is 0 Å². The quantitative estimate of drug-likeness (QED) is 0.829. The van der Waals surface area contributed by atoms with Crippen molar-refractivity contribution in [3.63, 3.8) is 0 Å². The highest BCUT2D eigenvalue weighted by molar-refractivity contribution is 6.33. The van der Waals surface area contributed by atoms with Crippen molar-refractivity contribution >= 4 is 17.5 Å². The number of rotatable bonds is 5. The molecular formula is C14H16ClN3O2. The van der Waals surface area contributed by atoms with Crippen LogP contribution in [0.15, 0.2) is 28.8 Å². The maximum absolute atomic E-state index is 12.2. The van der Waals surface area contributed by atoms with Gasteiger partial charge in [0, 0.05) is 12.1 Å². The first kappa shape index (κ1) is 14.6. The second-order valence-corrected chi connectivity index (χ2v) is 4.75. The van der Waals surface area contributed by atoms with E-state index in [4.69, 9.17) is 21.9 Å². The normalized spacial score (nSPS) is 10.6. The van der Waals surface area contributed by atoms with E-state index in [0.717, 1.165) is 6.42 Å². The summed E-state index contributed by atoms with van der Waals surface area (Å²) in [6.07, 6.45) is 0.720. The van der Waals surface area contributed by atoms with E-state index in [0.29, 0.717) is 40.7 Å². The fourth-order valence-electron chi connectivity index (χ4n) is 1.87. The Kier molecular flexibility index (Phi) is 4.76. The molecule has 5 nitrogen and oxygen atoms in total. The lowest BCUT2D eigenvalue weighted by Gasteiger charge is -2.05. The van der Waals surface area contributed by atoms with Gasteiger partial charge in [-0.1, -0.05) is 35.0 Å². The second kappa shape index (κ2) is 6.54. The van der Waals surface area contributed by atoms with Gasteiger partial charge < -0.3 is 15.6 Å². The Morgan fingerprint density at radius 3 is 2.90 bits per heavy atom. The number of nitrogens with two attached hydrogens (primary N) is 1. The van der Waals surface area contributed by atoms with Gasteiger partial charge in [-0.2, -0.15) is 0 Å². The SMILES string of the molecule is Cc1onc(-c2ccccc2Cl)c1C(=O)NCCCN. The van der Waals surface area contributed by atoms with Crippen molar-refractivity contribution in [1.82, 2.24) is 10.5 Å². The molecule has 0 fully saturated rings. The van der Waals surface area contributed by atoms with Crippen molar-refractivity contribution < 1.29 is 9.32 Å². The topological polar surface area (TPSA) is 81.2 Å². The van der Waals surface area contributed by atoms with E-state index in [1.165, 1.54) is 0 Å². The van der Waals surface area contributed by atoms with Crippen molar-refractivity contribution in [2.75, 3.05) is 13.1 Å². The van der Waals surface area contributed by atoms with Gasteiger partial charge in [-0.3, -0.25) is 4.79 Å². The molecule has 3 N–H and O–H groups in total. The van der Waals surface area contributed by atoms with Gasteiger partial charge in [0.2, 0.25) is 0 Å². The standard InChI is InChI=1S/C14H16ClN3O2/c1-9-12(14(19)17-8-4-7-16)13(18-20-9)10-5-2-3-6-11(10)15/h2-3,5-6H,4,7-8,16H2,1H3,(H,17,19). The molecule has 2 aromatic rings. The summed E-state index contributed by atoms with van der Waals surface area (Å²) in [5, 5.41) is 7.27. The third kappa shape index (κ3) is 3.00. The molecule has 0 atom stereocenters. The Bertz CT molecular complexity index is 610. The molecule has 0 unspecified atom stereocenters. The first-order chi connectivity index (χ1) is 9.65. The smallest absolute Gasteiger partial charge is 0.257 e. The molecule has 0 radical (unpaired) electrons. The van der Waals surface area contributed by atoms with E-state index >= 15 is 0 Å². The van der Waals surface area contributed by atoms with Crippen molar-refractivity contribution in [3.05, 3.63) is 40.6 Å². The van der Waals surface area contributed by atoms with Gasteiger partial charge in [0.05, 0.1) is 5.02 Å². The number of nitrogens with one attached hydrogen (secondary N) is 1. The Labute approximate surface area is 122 Å². The van der Waals surface area contributed by atoms with Crippen molar-refractivity contribution in [3.8, 4) is 11.3 Å². The van der Waals surface area contributed by atoms with E-state index < -0.39 is 0 Å². The van der Waals surface area contributed by atoms with E-state index in [1.807, 2.05) is 12.1 Å². The zero-order chi connectivity index (χ0) is 14.5. The molecule has 0 bridgehead atoms. The Hall–Kier alpha value is -1.85. The maximum atomic E-state index is 12.2. The predicted molar refractivity (Wildman–Crippen MR) is 77.7 cm³/mol. The number of amides is 1. The summed E-state index contributed by atoms with van der Waals surface area (Å²) < 4.78 is 5.14. The molecule has 1 aromatic carbocycles. The average Bonchev–Trinajstić information content (AvgIpc) is 2.81. The van der Waals surface area contributed by atoms with Gasteiger partial charge in [0.15, 0.2) is 0 Å². The van der Waals surface area contributed by atoms with Gasteiger partial charge in [0.1, 0.15) is 17.0 Å². The highest BCUT2D eigenvalue weighted by Gasteiger charge is 2.22. The van der Waals surface area contributed by atoms with Crippen molar-refractivity contribution in [2.45, 2.75) is 13.3 Å². The molecule has 20 heavy (non-hydrogen) atoms. The summed E-state index contributed by atoms with van der Waals surface area (Å²) >= 11 is 6.14. The zero-order valence-corrected chi connectivity index (χ0v) is 11.9.